The summed E-state index contributed by atoms with van der Waals surface area (Å²) in [6.45, 7) is 1.66. The number of rotatable bonds is 9. The molecule has 2 fully saturated rings. The van der Waals surface area contributed by atoms with Crippen LogP contribution in [-0.4, -0.2) is 57.1 Å². The lowest BCUT2D eigenvalue weighted by atomic mass is 9.90. The van der Waals surface area contributed by atoms with Gasteiger partial charge in [0, 0.05) is 43.1 Å². The van der Waals surface area contributed by atoms with Crippen LogP contribution in [0.15, 0.2) is 73.2 Å². The number of benzene rings is 2. The summed E-state index contributed by atoms with van der Waals surface area (Å²) in [5, 5.41) is 23.6. The third-order valence-electron chi connectivity index (χ3n) is 7.97. The zero-order valence-electron chi connectivity index (χ0n) is 24.1. The lowest BCUT2D eigenvalue weighted by molar-refractivity contribution is 0.0209. The largest absolute Gasteiger partial charge is 0.377 e. The molecule has 1 aliphatic carbocycles. The van der Waals surface area contributed by atoms with Crippen LogP contribution in [0.5, 0.6) is 0 Å². The molecule has 43 heavy (non-hydrogen) atoms. The van der Waals surface area contributed by atoms with Crippen molar-refractivity contribution in [3.63, 3.8) is 0 Å². The molecule has 1 saturated carbocycles. The van der Waals surface area contributed by atoms with Crippen molar-refractivity contribution in [1.82, 2.24) is 25.1 Å². The number of hydrogen-bond donors (Lipinski definition) is 3. The van der Waals surface area contributed by atoms with Gasteiger partial charge in [-0.25, -0.2) is 9.78 Å². The molecule has 6 rings (SSSR count). The van der Waals surface area contributed by atoms with E-state index in [9.17, 15) is 10.1 Å². The number of aryl methyl sites for hydroxylation is 1. The van der Waals surface area contributed by atoms with Gasteiger partial charge in [0.25, 0.3) is 0 Å². The molecule has 0 bridgehead atoms. The Balaban J connectivity index is 1.14. The van der Waals surface area contributed by atoms with Crippen LogP contribution in [-0.2, 0) is 18.3 Å². The van der Waals surface area contributed by atoms with E-state index in [1.165, 1.54) is 0 Å². The fourth-order valence-corrected chi connectivity index (χ4v) is 5.55. The zero-order chi connectivity index (χ0) is 29.6. The third-order valence-corrected chi connectivity index (χ3v) is 7.97. The molecular formula is C32H35N9O2. The zero-order valence-corrected chi connectivity index (χ0v) is 24.1. The lowest BCUT2D eigenvalue weighted by Crippen LogP contribution is -2.48. The summed E-state index contributed by atoms with van der Waals surface area (Å²) in [5.74, 6) is 1.02. The number of urea groups is 1. The first-order chi connectivity index (χ1) is 21.1. The van der Waals surface area contributed by atoms with Gasteiger partial charge in [0.15, 0.2) is 0 Å². The fourth-order valence-electron chi connectivity index (χ4n) is 5.55. The summed E-state index contributed by atoms with van der Waals surface area (Å²) in [4.78, 5) is 24.6. The van der Waals surface area contributed by atoms with E-state index in [2.05, 4.69) is 37.1 Å². The highest BCUT2D eigenvalue weighted by atomic mass is 16.5. The first kappa shape index (κ1) is 28.2. The Morgan fingerprint density at radius 1 is 1.00 bits per heavy atom. The normalized spacial score (nSPS) is 18.2. The lowest BCUT2D eigenvalue weighted by Gasteiger charge is -2.37. The van der Waals surface area contributed by atoms with Gasteiger partial charge in [-0.1, -0.05) is 42.5 Å². The van der Waals surface area contributed by atoms with Crippen molar-refractivity contribution < 1.29 is 9.53 Å². The number of aromatic nitrogens is 4. The molecule has 2 aromatic heterocycles. The SMILES string of the molecule is Cn1cc(-c2ccc(N(C(=O)NCc3ccccc3)C3CCC(Nc4ncc(C#N)c(NC5COC5)n4)CC3)cc2)cn1. The first-order valence-electron chi connectivity index (χ1n) is 14.6. The number of anilines is 3. The van der Waals surface area contributed by atoms with Crippen molar-refractivity contribution in [3.8, 4) is 17.2 Å². The second-order valence-electron chi connectivity index (χ2n) is 11.1. The summed E-state index contributed by atoms with van der Waals surface area (Å²) in [5.41, 5.74) is 4.41. The van der Waals surface area contributed by atoms with E-state index >= 15 is 0 Å². The topological polar surface area (TPSA) is 133 Å². The van der Waals surface area contributed by atoms with Crippen molar-refractivity contribution in [2.75, 3.05) is 28.7 Å². The fraction of sp³-hybridized carbons (Fsp3) is 0.344. The van der Waals surface area contributed by atoms with Gasteiger partial charge in [-0.05, 0) is 48.9 Å². The van der Waals surface area contributed by atoms with E-state index in [1.807, 2.05) is 78.9 Å². The van der Waals surface area contributed by atoms with Gasteiger partial charge in [0.05, 0.1) is 31.6 Å². The predicted octanol–water partition coefficient (Wildman–Crippen LogP) is 4.70. The van der Waals surface area contributed by atoms with E-state index in [0.717, 1.165) is 48.1 Å². The van der Waals surface area contributed by atoms with Crippen LogP contribution in [0.2, 0.25) is 0 Å². The van der Waals surface area contributed by atoms with Crippen LogP contribution in [0.1, 0.15) is 36.8 Å². The molecule has 0 unspecified atom stereocenters. The summed E-state index contributed by atoms with van der Waals surface area (Å²) in [7, 11) is 1.90. The highest BCUT2D eigenvalue weighted by Crippen LogP contribution is 2.31. The molecule has 11 nitrogen and oxygen atoms in total. The molecule has 0 spiro atoms. The minimum absolute atomic E-state index is 0.0378. The molecule has 220 valence electrons. The minimum Gasteiger partial charge on any atom is -0.377 e. The highest BCUT2D eigenvalue weighted by molar-refractivity contribution is 5.93. The number of amides is 2. The highest BCUT2D eigenvalue weighted by Gasteiger charge is 2.31. The van der Waals surface area contributed by atoms with Crippen LogP contribution >= 0.6 is 0 Å². The molecule has 0 atom stereocenters. The molecule has 11 heteroatoms. The molecule has 3 heterocycles. The van der Waals surface area contributed by atoms with E-state index < -0.39 is 0 Å². The van der Waals surface area contributed by atoms with E-state index in [1.54, 1.807) is 10.9 Å². The molecule has 0 radical (unpaired) electrons. The van der Waals surface area contributed by atoms with E-state index in [-0.39, 0.29) is 24.2 Å². The summed E-state index contributed by atoms with van der Waals surface area (Å²) in [6.07, 6.45) is 8.71. The Hall–Kier alpha value is -4.95. The molecule has 2 aromatic carbocycles. The van der Waals surface area contributed by atoms with Crippen LogP contribution in [0.3, 0.4) is 0 Å². The van der Waals surface area contributed by atoms with Crippen LogP contribution in [0.25, 0.3) is 11.1 Å². The third kappa shape index (κ3) is 6.76. The van der Waals surface area contributed by atoms with E-state index in [0.29, 0.717) is 37.1 Å². The van der Waals surface area contributed by atoms with Crippen LogP contribution in [0.4, 0.5) is 22.2 Å². The number of carbonyl (C=O) groups excluding carboxylic acids is 1. The van der Waals surface area contributed by atoms with Gasteiger partial charge in [0.2, 0.25) is 5.95 Å². The Bertz CT molecular complexity index is 1570. The minimum atomic E-state index is -0.111. The predicted molar refractivity (Wildman–Crippen MR) is 164 cm³/mol. The maximum absolute atomic E-state index is 13.7. The van der Waals surface area contributed by atoms with Gasteiger partial charge in [-0.15, -0.1) is 0 Å². The molecule has 2 aliphatic rings. The first-order valence-corrected chi connectivity index (χ1v) is 14.6. The van der Waals surface area contributed by atoms with Crippen molar-refractivity contribution in [2.24, 2.45) is 7.05 Å². The van der Waals surface area contributed by atoms with Crippen LogP contribution < -0.4 is 20.9 Å². The Morgan fingerprint density at radius 3 is 2.42 bits per heavy atom. The number of hydrogen-bond acceptors (Lipinski definition) is 8. The second-order valence-corrected chi connectivity index (χ2v) is 11.1. The van der Waals surface area contributed by atoms with Gasteiger partial charge in [-0.2, -0.15) is 15.3 Å². The summed E-state index contributed by atoms with van der Waals surface area (Å²) >= 11 is 0. The molecule has 4 aromatic rings. The second kappa shape index (κ2) is 12.9. The number of carbonyl (C=O) groups is 1. The summed E-state index contributed by atoms with van der Waals surface area (Å²) < 4.78 is 7.02. The van der Waals surface area contributed by atoms with Crippen molar-refractivity contribution >= 4 is 23.5 Å². The average molecular weight is 578 g/mol. The van der Waals surface area contributed by atoms with Crippen molar-refractivity contribution in [1.29, 1.82) is 5.26 Å². The summed E-state index contributed by atoms with van der Waals surface area (Å²) in [6, 6.07) is 20.5. The molecule has 3 N–H and O–H groups in total. The molecular weight excluding hydrogens is 542 g/mol. The van der Waals surface area contributed by atoms with Gasteiger partial charge in [-0.3, -0.25) is 9.58 Å². The Labute approximate surface area is 250 Å². The maximum atomic E-state index is 13.7. The number of ether oxygens (including phenoxy) is 1. The standard InChI is InChI=1S/C32H35N9O2/c1-40-19-25(18-36-40)23-7-11-28(12-8-23)41(32(42)35-16-22-5-3-2-4-6-22)29-13-9-26(10-14-29)38-31-34-17-24(15-33)30(39-31)37-27-20-43-21-27/h2-8,11-12,17-19,26-27,29H,9-10,13-14,16,20-21H2,1H3,(H,35,42)(H2,34,37,38,39). The van der Waals surface area contributed by atoms with E-state index in [4.69, 9.17) is 4.74 Å². The Kier molecular flexibility index (Phi) is 8.47. The van der Waals surface area contributed by atoms with Crippen molar-refractivity contribution in [2.45, 2.75) is 50.4 Å². The number of nitrogens with zero attached hydrogens (tertiary/aromatic N) is 6. The van der Waals surface area contributed by atoms with Crippen molar-refractivity contribution in [3.05, 3.63) is 84.3 Å². The van der Waals surface area contributed by atoms with Gasteiger partial charge < -0.3 is 20.7 Å². The smallest absolute Gasteiger partial charge is 0.322 e. The quantitative estimate of drug-likeness (QED) is 0.261. The molecule has 1 aliphatic heterocycles. The average Bonchev–Trinajstić information content (AvgIpc) is 3.46. The Morgan fingerprint density at radius 2 is 1.77 bits per heavy atom. The number of nitrogens with one attached hydrogen (secondary N) is 3. The molecule has 1 saturated heterocycles. The molecule has 2 amide bonds. The monoisotopic (exact) mass is 577 g/mol. The van der Waals surface area contributed by atoms with Gasteiger partial charge in [0.1, 0.15) is 17.5 Å². The van der Waals surface area contributed by atoms with Crippen LogP contribution in [0, 0.1) is 11.3 Å². The van der Waals surface area contributed by atoms with Gasteiger partial charge >= 0.3 is 6.03 Å². The number of nitriles is 1. The maximum Gasteiger partial charge on any atom is 0.322 e.